The Kier molecular flexibility index (Phi) is 5.04. The van der Waals surface area contributed by atoms with E-state index in [0.29, 0.717) is 11.8 Å². The fraction of sp³-hybridized carbons (Fsp3) is 0.368. The SMILES string of the molecule is Clc1ccc(CN2CCN(Cc3ccc4c(c3)OCO4)CC2)c(Cl)c1. The zero-order valence-electron chi connectivity index (χ0n) is 13.9. The van der Waals surface area contributed by atoms with Crippen molar-refractivity contribution in [1.82, 2.24) is 9.80 Å². The molecule has 0 atom stereocenters. The van der Waals surface area contributed by atoms with Crippen molar-refractivity contribution in [1.29, 1.82) is 0 Å². The Hall–Kier alpha value is -1.46. The van der Waals surface area contributed by atoms with E-state index >= 15 is 0 Å². The standard InChI is InChI=1S/C19H20Cl2N2O2/c20-16-3-2-15(17(21)10-16)12-23-7-5-22(6-8-23)11-14-1-4-18-19(9-14)25-13-24-18/h1-4,9-10H,5-8,11-13H2. The number of halogens is 2. The Balaban J connectivity index is 1.31. The lowest BCUT2D eigenvalue weighted by molar-refractivity contribution is 0.122. The van der Waals surface area contributed by atoms with Gasteiger partial charge in [0, 0.05) is 49.3 Å². The summed E-state index contributed by atoms with van der Waals surface area (Å²) in [6.45, 7) is 6.27. The maximum atomic E-state index is 6.29. The van der Waals surface area contributed by atoms with E-state index in [2.05, 4.69) is 21.9 Å². The molecule has 0 aliphatic carbocycles. The molecule has 6 heteroatoms. The second-order valence-corrected chi connectivity index (χ2v) is 7.32. The van der Waals surface area contributed by atoms with Gasteiger partial charge in [-0.3, -0.25) is 9.80 Å². The van der Waals surface area contributed by atoms with Gasteiger partial charge in [0.2, 0.25) is 6.79 Å². The topological polar surface area (TPSA) is 24.9 Å². The largest absolute Gasteiger partial charge is 0.454 e. The molecule has 0 spiro atoms. The van der Waals surface area contributed by atoms with Crippen molar-refractivity contribution < 1.29 is 9.47 Å². The summed E-state index contributed by atoms with van der Waals surface area (Å²) in [7, 11) is 0. The molecule has 1 saturated heterocycles. The third-order valence-corrected chi connectivity index (χ3v) is 5.30. The Bertz CT molecular complexity index is 761. The van der Waals surface area contributed by atoms with Gasteiger partial charge in [-0.25, -0.2) is 0 Å². The number of ether oxygens (including phenoxy) is 2. The smallest absolute Gasteiger partial charge is 0.231 e. The Morgan fingerprint density at radius 3 is 2.28 bits per heavy atom. The highest BCUT2D eigenvalue weighted by Gasteiger charge is 2.19. The molecule has 2 aromatic rings. The van der Waals surface area contributed by atoms with Crippen molar-refractivity contribution in [3.63, 3.8) is 0 Å². The van der Waals surface area contributed by atoms with Gasteiger partial charge in [-0.2, -0.15) is 0 Å². The Morgan fingerprint density at radius 2 is 1.52 bits per heavy atom. The molecule has 0 amide bonds. The van der Waals surface area contributed by atoms with Gasteiger partial charge < -0.3 is 9.47 Å². The summed E-state index contributed by atoms with van der Waals surface area (Å²) in [5, 5.41) is 1.43. The van der Waals surface area contributed by atoms with Crippen LogP contribution in [0.4, 0.5) is 0 Å². The predicted octanol–water partition coefficient (Wildman–Crippen LogP) is 4.04. The van der Waals surface area contributed by atoms with Crippen LogP contribution in [-0.2, 0) is 13.1 Å². The molecule has 132 valence electrons. The van der Waals surface area contributed by atoms with E-state index in [0.717, 1.165) is 61.4 Å². The molecule has 4 rings (SSSR count). The third-order valence-electron chi connectivity index (χ3n) is 4.72. The van der Waals surface area contributed by atoms with Crippen LogP contribution in [0.15, 0.2) is 36.4 Å². The van der Waals surface area contributed by atoms with Crippen LogP contribution >= 0.6 is 23.2 Å². The first-order chi connectivity index (χ1) is 12.2. The first-order valence-corrected chi connectivity index (χ1v) is 9.20. The highest BCUT2D eigenvalue weighted by Crippen LogP contribution is 2.33. The molecule has 25 heavy (non-hydrogen) atoms. The number of rotatable bonds is 4. The van der Waals surface area contributed by atoms with E-state index in [9.17, 15) is 0 Å². The van der Waals surface area contributed by atoms with Crippen LogP contribution < -0.4 is 9.47 Å². The van der Waals surface area contributed by atoms with Gasteiger partial charge >= 0.3 is 0 Å². The molecule has 0 radical (unpaired) electrons. The molecule has 0 aromatic heterocycles. The summed E-state index contributed by atoms with van der Waals surface area (Å²) < 4.78 is 10.8. The minimum atomic E-state index is 0.324. The van der Waals surface area contributed by atoms with Crippen LogP contribution in [-0.4, -0.2) is 42.8 Å². The lowest BCUT2D eigenvalue weighted by Gasteiger charge is -2.35. The molecule has 2 aliphatic rings. The number of hydrogen-bond acceptors (Lipinski definition) is 4. The lowest BCUT2D eigenvalue weighted by Crippen LogP contribution is -2.45. The zero-order chi connectivity index (χ0) is 17.2. The minimum Gasteiger partial charge on any atom is -0.454 e. The number of piperazine rings is 1. The van der Waals surface area contributed by atoms with Crippen LogP contribution in [0.1, 0.15) is 11.1 Å². The van der Waals surface area contributed by atoms with Crippen LogP contribution in [0.3, 0.4) is 0 Å². The van der Waals surface area contributed by atoms with Gasteiger partial charge in [-0.1, -0.05) is 35.3 Å². The van der Waals surface area contributed by atoms with Gasteiger partial charge in [0.25, 0.3) is 0 Å². The molecular weight excluding hydrogens is 359 g/mol. The molecule has 2 aliphatic heterocycles. The van der Waals surface area contributed by atoms with E-state index in [-0.39, 0.29) is 0 Å². The Morgan fingerprint density at radius 1 is 0.800 bits per heavy atom. The van der Waals surface area contributed by atoms with E-state index in [1.54, 1.807) is 0 Å². The zero-order valence-corrected chi connectivity index (χ0v) is 15.4. The molecule has 1 fully saturated rings. The maximum Gasteiger partial charge on any atom is 0.231 e. The monoisotopic (exact) mass is 378 g/mol. The lowest BCUT2D eigenvalue weighted by atomic mass is 10.1. The van der Waals surface area contributed by atoms with E-state index in [1.807, 2.05) is 24.3 Å². The van der Waals surface area contributed by atoms with Gasteiger partial charge in [-0.05, 0) is 35.4 Å². The molecule has 0 saturated carbocycles. The molecule has 0 N–H and O–H groups in total. The minimum absolute atomic E-state index is 0.324. The molecule has 0 unspecified atom stereocenters. The summed E-state index contributed by atoms with van der Waals surface area (Å²) in [4.78, 5) is 4.91. The summed E-state index contributed by atoms with van der Waals surface area (Å²) in [6, 6.07) is 11.9. The van der Waals surface area contributed by atoms with Crippen molar-refractivity contribution >= 4 is 23.2 Å². The van der Waals surface area contributed by atoms with Gasteiger partial charge in [-0.15, -0.1) is 0 Å². The van der Waals surface area contributed by atoms with E-state index < -0.39 is 0 Å². The summed E-state index contributed by atoms with van der Waals surface area (Å²) >= 11 is 12.3. The quantitative estimate of drug-likeness (QED) is 0.801. The molecular formula is C19H20Cl2N2O2. The van der Waals surface area contributed by atoms with Gasteiger partial charge in [0.05, 0.1) is 0 Å². The second kappa shape index (κ2) is 7.42. The highest BCUT2D eigenvalue weighted by molar-refractivity contribution is 6.35. The normalized spacial score (nSPS) is 17.8. The fourth-order valence-electron chi connectivity index (χ4n) is 3.29. The van der Waals surface area contributed by atoms with Crippen LogP contribution in [0.5, 0.6) is 11.5 Å². The molecule has 0 bridgehead atoms. The second-order valence-electron chi connectivity index (χ2n) is 6.48. The summed E-state index contributed by atoms with van der Waals surface area (Å²) in [5.74, 6) is 1.70. The summed E-state index contributed by atoms with van der Waals surface area (Å²) in [5.41, 5.74) is 2.40. The van der Waals surface area contributed by atoms with Gasteiger partial charge in [0.1, 0.15) is 0 Å². The third kappa shape index (κ3) is 4.04. The number of nitrogens with zero attached hydrogens (tertiary/aromatic N) is 2. The van der Waals surface area contributed by atoms with Crippen LogP contribution in [0.25, 0.3) is 0 Å². The first-order valence-electron chi connectivity index (χ1n) is 8.44. The van der Waals surface area contributed by atoms with Crippen molar-refractivity contribution in [3.8, 4) is 11.5 Å². The van der Waals surface area contributed by atoms with Crippen molar-refractivity contribution in [2.45, 2.75) is 13.1 Å². The number of hydrogen-bond donors (Lipinski definition) is 0. The highest BCUT2D eigenvalue weighted by atomic mass is 35.5. The van der Waals surface area contributed by atoms with E-state index in [1.165, 1.54) is 5.56 Å². The number of fused-ring (bicyclic) bond motifs is 1. The number of benzene rings is 2. The van der Waals surface area contributed by atoms with Crippen molar-refractivity contribution in [3.05, 3.63) is 57.6 Å². The molecule has 2 heterocycles. The van der Waals surface area contributed by atoms with Crippen LogP contribution in [0, 0.1) is 0 Å². The Labute approximate surface area is 157 Å². The van der Waals surface area contributed by atoms with Crippen molar-refractivity contribution in [2.75, 3.05) is 33.0 Å². The molecule has 4 nitrogen and oxygen atoms in total. The van der Waals surface area contributed by atoms with Gasteiger partial charge in [0.15, 0.2) is 11.5 Å². The average molecular weight is 379 g/mol. The fourth-order valence-corrected chi connectivity index (χ4v) is 3.76. The maximum absolute atomic E-state index is 6.29. The van der Waals surface area contributed by atoms with E-state index in [4.69, 9.17) is 32.7 Å². The first kappa shape index (κ1) is 17.0. The molecule has 2 aromatic carbocycles. The van der Waals surface area contributed by atoms with Crippen molar-refractivity contribution in [2.24, 2.45) is 0 Å². The summed E-state index contributed by atoms with van der Waals surface area (Å²) in [6.07, 6.45) is 0. The predicted molar refractivity (Wildman–Crippen MR) is 99.6 cm³/mol. The van der Waals surface area contributed by atoms with Crippen LogP contribution in [0.2, 0.25) is 10.0 Å². The average Bonchev–Trinajstić information content (AvgIpc) is 3.07.